The molecule has 0 saturated carbocycles. The van der Waals surface area contributed by atoms with Gasteiger partial charge in [-0.05, 0) is 83.2 Å². The van der Waals surface area contributed by atoms with E-state index in [1.54, 1.807) is 0 Å². The lowest BCUT2D eigenvalue weighted by atomic mass is 9.87. The zero-order valence-corrected chi connectivity index (χ0v) is 19.0. The summed E-state index contributed by atoms with van der Waals surface area (Å²) in [5, 5.41) is 3.56. The van der Waals surface area contributed by atoms with Crippen LogP contribution in [-0.2, 0) is 12.8 Å². The Balaban J connectivity index is 1.65. The highest BCUT2D eigenvalue weighted by Gasteiger charge is 2.15. The van der Waals surface area contributed by atoms with Gasteiger partial charge in [-0.1, -0.05) is 81.1 Å². The van der Waals surface area contributed by atoms with Crippen LogP contribution < -0.4 is 5.32 Å². The van der Waals surface area contributed by atoms with Crippen molar-refractivity contribution in [2.24, 2.45) is 0 Å². The molecule has 4 rings (SSSR count). The fraction of sp³-hybridized carbons (Fsp3) is 0.267. The molecule has 0 fully saturated rings. The van der Waals surface area contributed by atoms with Gasteiger partial charge in [0.25, 0.3) is 0 Å². The summed E-state index contributed by atoms with van der Waals surface area (Å²) in [7, 11) is 0. The summed E-state index contributed by atoms with van der Waals surface area (Å²) in [4.78, 5) is 0. The molecule has 3 aromatic rings. The lowest BCUT2D eigenvalue weighted by Gasteiger charge is -2.20. The first-order valence-corrected chi connectivity index (χ1v) is 11.4. The van der Waals surface area contributed by atoms with Crippen molar-refractivity contribution in [2.45, 2.75) is 52.4 Å². The molecule has 3 aromatic carbocycles. The van der Waals surface area contributed by atoms with Crippen LogP contribution in [0.1, 0.15) is 60.4 Å². The van der Waals surface area contributed by atoms with E-state index in [4.69, 9.17) is 0 Å². The van der Waals surface area contributed by atoms with Crippen LogP contribution in [0.3, 0.4) is 0 Å². The Kier molecular flexibility index (Phi) is 6.42. The van der Waals surface area contributed by atoms with Gasteiger partial charge in [0.15, 0.2) is 0 Å². The molecule has 1 nitrogen and oxygen atoms in total. The van der Waals surface area contributed by atoms with Crippen molar-refractivity contribution in [2.75, 3.05) is 5.32 Å². The lowest BCUT2D eigenvalue weighted by molar-refractivity contribution is 0.851. The average Bonchev–Trinajstić information content (AvgIpc) is 2.98. The Bertz CT molecular complexity index is 1100. The van der Waals surface area contributed by atoms with Crippen molar-refractivity contribution in [1.82, 2.24) is 0 Å². The van der Waals surface area contributed by atoms with E-state index in [0.717, 1.165) is 24.2 Å². The fourth-order valence-corrected chi connectivity index (χ4v) is 4.59. The number of anilines is 1. The second-order valence-electron chi connectivity index (χ2n) is 9.01. The average molecular weight is 408 g/mol. The predicted molar refractivity (Wildman–Crippen MR) is 136 cm³/mol. The van der Waals surface area contributed by atoms with E-state index < -0.39 is 0 Å². The van der Waals surface area contributed by atoms with Gasteiger partial charge in [-0.3, -0.25) is 0 Å². The van der Waals surface area contributed by atoms with E-state index >= 15 is 0 Å². The predicted octanol–water partition coefficient (Wildman–Crippen LogP) is 8.30. The van der Waals surface area contributed by atoms with Crippen LogP contribution >= 0.6 is 0 Å². The molecule has 0 unspecified atom stereocenters. The highest BCUT2D eigenvalue weighted by molar-refractivity contribution is 5.77. The first kappa shape index (κ1) is 21.2. The number of aryl methyl sites for hydroxylation is 2. The number of allylic oxidation sites excluding steroid dienone is 2. The molecule has 0 bridgehead atoms. The van der Waals surface area contributed by atoms with E-state index in [0.29, 0.717) is 5.92 Å². The number of rotatable bonds is 6. The number of fused-ring (bicyclic) bond motifs is 1. The van der Waals surface area contributed by atoms with Crippen molar-refractivity contribution in [3.63, 3.8) is 0 Å². The first-order valence-electron chi connectivity index (χ1n) is 11.4. The highest BCUT2D eigenvalue weighted by atomic mass is 14.9. The third kappa shape index (κ3) is 4.99. The maximum absolute atomic E-state index is 4.27. The Hall–Kier alpha value is -3.06. The molecule has 0 saturated heterocycles. The zero-order valence-electron chi connectivity index (χ0n) is 19.0. The molecule has 1 N–H and O–H groups in total. The Morgan fingerprint density at radius 2 is 1.84 bits per heavy atom. The molecule has 158 valence electrons. The standard InChI is InChI=1S/C30H33N/c1-21(2)29-20-28(31-23(4)18-24-11-7-5-8-12-24)17-22(3)30(29)27-16-15-25-13-9-6-10-14-26(25)19-27/h5,7-9,11-13,15-17,19-21,31H,4,6,10,14,18H2,1-3H3. The number of hydrogen-bond donors (Lipinski definition) is 1. The second kappa shape index (κ2) is 9.39. The van der Waals surface area contributed by atoms with Crippen LogP contribution in [0.2, 0.25) is 0 Å². The highest BCUT2D eigenvalue weighted by Crippen LogP contribution is 2.37. The van der Waals surface area contributed by atoms with Crippen molar-refractivity contribution < 1.29 is 0 Å². The van der Waals surface area contributed by atoms with Crippen LogP contribution in [0.25, 0.3) is 17.2 Å². The lowest BCUT2D eigenvalue weighted by Crippen LogP contribution is -2.04. The van der Waals surface area contributed by atoms with Gasteiger partial charge in [-0.2, -0.15) is 0 Å². The normalized spacial score (nSPS) is 13.0. The minimum atomic E-state index is 0.441. The zero-order chi connectivity index (χ0) is 21.8. The van der Waals surface area contributed by atoms with Gasteiger partial charge in [0.1, 0.15) is 0 Å². The first-order chi connectivity index (χ1) is 15.0. The molecule has 1 heteroatoms. The van der Waals surface area contributed by atoms with E-state index in [2.05, 4.69) is 105 Å². The molecule has 1 aliphatic rings. The summed E-state index contributed by atoms with van der Waals surface area (Å²) in [5.74, 6) is 0.441. The smallest absolute Gasteiger partial charge is 0.0387 e. The van der Waals surface area contributed by atoms with E-state index in [1.165, 1.54) is 51.8 Å². The van der Waals surface area contributed by atoms with E-state index in [1.807, 2.05) is 0 Å². The fourth-order valence-electron chi connectivity index (χ4n) is 4.59. The molecule has 1 aliphatic carbocycles. The SMILES string of the molecule is C=C(Cc1ccccc1)Nc1cc(C)c(-c2ccc3c(c2)CCCC=C3)c(C(C)C)c1. The molecule has 0 atom stereocenters. The Morgan fingerprint density at radius 3 is 2.61 bits per heavy atom. The summed E-state index contributed by atoms with van der Waals surface area (Å²) < 4.78 is 0. The van der Waals surface area contributed by atoms with E-state index in [9.17, 15) is 0 Å². The van der Waals surface area contributed by atoms with Crippen LogP contribution in [0.4, 0.5) is 5.69 Å². The van der Waals surface area contributed by atoms with Crippen molar-refractivity contribution in [3.05, 3.63) is 107 Å². The third-order valence-corrected chi connectivity index (χ3v) is 6.12. The summed E-state index contributed by atoms with van der Waals surface area (Å²) in [6.45, 7) is 11.1. The van der Waals surface area contributed by atoms with Crippen LogP contribution in [-0.4, -0.2) is 0 Å². The minimum Gasteiger partial charge on any atom is -0.359 e. The second-order valence-corrected chi connectivity index (χ2v) is 9.01. The van der Waals surface area contributed by atoms with Gasteiger partial charge >= 0.3 is 0 Å². The molecule has 0 amide bonds. The van der Waals surface area contributed by atoms with Crippen molar-refractivity contribution in [3.8, 4) is 11.1 Å². The summed E-state index contributed by atoms with van der Waals surface area (Å²) >= 11 is 0. The number of benzene rings is 3. The number of nitrogens with one attached hydrogen (secondary N) is 1. The monoisotopic (exact) mass is 407 g/mol. The van der Waals surface area contributed by atoms with Crippen molar-refractivity contribution in [1.29, 1.82) is 0 Å². The molecular formula is C30H33N. The van der Waals surface area contributed by atoms with Gasteiger partial charge in [-0.15, -0.1) is 0 Å². The molecule has 0 aliphatic heterocycles. The largest absolute Gasteiger partial charge is 0.359 e. The summed E-state index contributed by atoms with van der Waals surface area (Å²) in [6.07, 6.45) is 8.98. The maximum atomic E-state index is 4.27. The topological polar surface area (TPSA) is 12.0 Å². The number of hydrogen-bond acceptors (Lipinski definition) is 1. The Labute approximate surface area is 187 Å². The molecule has 31 heavy (non-hydrogen) atoms. The maximum Gasteiger partial charge on any atom is 0.0387 e. The third-order valence-electron chi connectivity index (χ3n) is 6.12. The van der Waals surface area contributed by atoms with Gasteiger partial charge in [-0.25, -0.2) is 0 Å². The van der Waals surface area contributed by atoms with Crippen LogP contribution in [0.15, 0.2) is 79.0 Å². The van der Waals surface area contributed by atoms with Crippen LogP contribution in [0, 0.1) is 6.92 Å². The van der Waals surface area contributed by atoms with Gasteiger partial charge in [0.05, 0.1) is 0 Å². The minimum absolute atomic E-state index is 0.441. The Morgan fingerprint density at radius 1 is 1.03 bits per heavy atom. The summed E-state index contributed by atoms with van der Waals surface area (Å²) in [5.41, 5.74) is 11.7. The molecule has 0 heterocycles. The summed E-state index contributed by atoms with van der Waals surface area (Å²) in [6, 6.07) is 22.1. The molecule has 0 aromatic heterocycles. The van der Waals surface area contributed by atoms with Gasteiger partial charge in [0.2, 0.25) is 0 Å². The van der Waals surface area contributed by atoms with E-state index in [-0.39, 0.29) is 0 Å². The van der Waals surface area contributed by atoms with Crippen molar-refractivity contribution >= 4 is 11.8 Å². The molecule has 0 radical (unpaired) electrons. The van der Waals surface area contributed by atoms with Gasteiger partial charge in [0, 0.05) is 17.8 Å². The molecular weight excluding hydrogens is 374 g/mol. The van der Waals surface area contributed by atoms with Gasteiger partial charge < -0.3 is 5.32 Å². The molecule has 0 spiro atoms. The quantitative estimate of drug-likeness (QED) is 0.433. The van der Waals surface area contributed by atoms with Crippen LogP contribution in [0.5, 0.6) is 0 Å².